The Morgan fingerprint density at radius 2 is 2.05 bits per heavy atom. The van der Waals surface area contributed by atoms with Crippen molar-refractivity contribution in [3.05, 3.63) is 23.4 Å². The third-order valence-electron chi connectivity index (χ3n) is 3.54. The summed E-state index contributed by atoms with van der Waals surface area (Å²) in [6, 6.07) is 4.33. The maximum Gasteiger partial charge on any atom is 0.128 e. The Kier molecular flexibility index (Phi) is 5.00. The van der Waals surface area contributed by atoms with Crippen LogP contribution in [0.5, 0.6) is 0 Å². The molecule has 1 aliphatic heterocycles. The summed E-state index contributed by atoms with van der Waals surface area (Å²) in [7, 11) is 0. The van der Waals surface area contributed by atoms with Crippen molar-refractivity contribution in [2.75, 3.05) is 31.2 Å². The number of nitrogens with zero attached hydrogens (tertiary/aromatic N) is 2. The van der Waals surface area contributed by atoms with Gasteiger partial charge in [0.2, 0.25) is 0 Å². The molecule has 20 heavy (non-hydrogen) atoms. The molecule has 0 unspecified atom stereocenters. The molecule has 0 aromatic carbocycles. The quantitative estimate of drug-likeness (QED) is 0.921. The van der Waals surface area contributed by atoms with E-state index in [4.69, 9.17) is 9.72 Å². The highest BCUT2D eigenvalue weighted by Gasteiger charge is 2.13. The standard InChI is InChI=1S/C16H27N3O/c1-13-14(12-17-16(2,3)4)6-7-15(18-13)19-8-5-10-20-11-9-19/h6-7,17H,5,8-12H2,1-4H3. The first kappa shape index (κ1) is 15.3. The molecule has 1 N–H and O–H groups in total. The van der Waals surface area contributed by atoms with E-state index in [-0.39, 0.29) is 5.54 Å². The molecule has 112 valence electrons. The number of aryl methyl sites for hydroxylation is 1. The molecule has 0 atom stereocenters. The third-order valence-corrected chi connectivity index (χ3v) is 3.54. The smallest absolute Gasteiger partial charge is 0.128 e. The van der Waals surface area contributed by atoms with E-state index in [2.05, 4.69) is 50.0 Å². The van der Waals surface area contributed by atoms with Crippen molar-refractivity contribution in [2.24, 2.45) is 0 Å². The summed E-state index contributed by atoms with van der Waals surface area (Å²) in [5, 5.41) is 3.51. The van der Waals surface area contributed by atoms with Crippen LogP contribution in [0.2, 0.25) is 0 Å². The largest absolute Gasteiger partial charge is 0.380 e. The lowest BCUT2D eigenvalue weighted by Gasteiger charge is -2.23. The van der Waals surface area contributed by atoms with Crippen molar-refractivity contribution in [3.8, 4) is 0 Å². The highest BCUT2D eigenvalue weighted by molar-refractivity contribution is 5.41. The minimum atomic E-state index is 0.132. The highest BCUT2D eigenvalue weighted by atomic mass is 16.5. The summed E-state index contributed by atoms with van der Waals surface area (Å²) in [6.07, 6.45) is 1.08. The second-order valence-electron chi connectivity index (χ2n) is 6.47. The molecule has 0 bridgehead atoms. The van der Waals surface area contributed by atoms with Gasteiger partial charge >= 0.3 is 0 Å². The number of hydrogen-bond acceptors (Lipinski definition) is 4. The van der Waals surface area contributed by atoms with Gasteiger partial charge in [-0.15, -0.1) is 0 Å². The van der Waals surface area contributed by atoms with Crippen molar-refractivity contribution in [1.82, 2.24) is 10.3 Å². The predicted molar refractivity (Wildman–Crippen MR) is 83.2 cm³/mol. The van der Waals surface area contributed by atoms with Gasteiger partial charge in [-0.3, -0.25) is 0 Å². The summed E-state index contributed by atoms with van der Waals surface area (Å²) in [6.45, 7) is 13.1. The Hall–Kier alpha value is -1.13. The zero-order valence-corrected chi connectivity index (χ0v) is 13.2. The molecule has 2 heterocycles. The van der Waals surface area contributed by atoms with E-state index < -0.39 is 0 Å². The predicted octanol–water partition coefficient (Wildman–Crippen LogP) is 2.50. The molecule has 1 fully saturated rings. The van der Waals surface area contributed by atoms with Crippen LogP contribution in [-0.2, 0) is 11.3 Å². The molecule has 4 heteroatoms. The van der Waals surface area contributed by atoms with E-state index in [1.54, 1.807) is 0 Å². The van der Waals surface area contributed by atoms with Gasteiger partial charge in [-0.05, 0) is 45.7 Å². The van der Waals surface area contributed by atoms with Gasteiger partial charge in [0.1, 0.15) is 5.82 Å². The summed E-state index contributed by atoms with van der Waals surface area (Å²) >= 11 is 0. The van der Waals surface area contributed by atoms with Gasteiger partial charge in [-0.1, -0.05) is 6.07 Å². The minimum absolute atomic E-state index is 0.132. The van der Waals surface area contributed by atoms with Crippen molar-refractivity contribution >= 4 is 5.82 Å². The van der Waals surface area contributed by atoms with Gasteiger partial charge in [0.25, 0.3) is 0 Å². The fraction of sp³-hybridized carbons (Fsp3) is 0.688. The molecule has 1 saturated heterocycles. The van der Waals surface area contributed by atoms with Crippen LogP contribution in [0, 0.1) is 6.92 Å². The molecular weight excluding hydrogens is 250 g/mol. The summed E-state index contributed by atoms with van der Waals surface area (Å²) in [4.78, 5) is 7.09. The van der Waals surface area contributed by atoms with E-state index in [1.807, 2.05) is 0 Å². The van der Waals surface area contributed by atoms with Crippen LogP contribution in [-0.4, -0.2) is 36.8 Å². The summed E-state index contributed by atoms with van der Waals surface area (Å²) in [5.74, 6) is 1.08. The lowest BCUT2D eigenvalue weighted by molar-refractivity contribution is 0.152. The number of rotatable bonds is 3. The van der Waals surface area contributed by atoms with E-state index in [1.165, 1.54) is 5.56 Å². The van der Waals surface area contributed by atoms with Crippen LogP contribution in [0.1, 0.15) is 38.4 Å². The number of aromatic nitrogens is 1. The molecular formula is C16H27N3O. The van der Waals surface area contributed by atoms with Crippen molar-refractivity contribution in [2.45, 2.75) is 46.2 Å². The Bertz CT molecular complexity index is 432. The number of hydrogen-bond donors (Lipinski definition) is 1. The fourth-order valence-electron chi connectivity index (χ4n) is 2.28. The van der Waals surface area contributed by atoms with Crippen LogP contribution in [0.25, 0.3) is 0 Å². The van der Waals surface area contributed by atoms with Gasteiger partial charge < -0.3 is 15.0 Å². The zero-order chi connectivity index (χ0) is 14.6. The van der Waals surface area contributed by atoms with Crippen LogP contribution in [0.4, 0.5) is 5.82 Å². The van der Waals surface area contributed by atoms with Gasteiger partial charge in [0.05, 0.1) is 6.61 Å². The van der Waals surface area contributed by atoms with Crippen molar-refractivity contribution in [3.63, 3.8) is 0 Å². The average molecular weight is 277 g/mol. The molecule has 1 aliphatic rings. The third kappa shape index (κ3) is 4.46. The first-order valence-electron chi connectivity index (χ1n) is 7.50. The molecule has 1 aromatic rings. The SMILES string of the molecule is Cc1nc(N2CCCOCC2)ccc1CNC(C)(C)C. The maximum absolute atomic E-state index is 5.50. The van der Waals surface area contributed by atoms with E-state index in [0.717, 1.165) is 50.8 Å². The summed E-state index contributed by atoms with van der Waals surface area (Å²) < 4.78 is 5.50. The number of ether oxygens (including phenoxy) is 1. The number of anilines is 1. The second-order valence-corrected chi connectivity index (χ2v) is 6.47. The van der Waals surface area contributed by atoms with E-state index in [0.29, 0.717) is 0 Å². The van der Waals surface area contributed by atoms with Crippen LogP contribution in [0.3, 0.4) is 0 Å². The van der Waals surface area contributed by atoms with Crippen molar-refractivity contribution < 1.29 is 4.74 Å². The topological polar surface area (TPSA) is 37.4 Å². The molecule has 0 spiro atoms. The molecule has 0 amide bonds. The maximum atomic E-state index is 5.50. The van der Waals surface area contributed by atoms with Crippen LogP contribution >= 0.6 is 0 Å². The van der Waals surface area contributed by atoms with E-state index >= 15 is 0 Å². The highest BCUT2D eigenvalue weighted by Crippen LogP contribution is 2.17. The monoisotopic (exact) mass is 277 g/mol. The molecule has 1 aromatic heterocycles. The normalized spacial score (nSPS) is 17.1. The van der Waals surface area contributed by atoms with Crippen LogP contribution < -0.4 is 10.2 Å². The minimum Gasteiger partial charge on any atom is -0.380 e. The summed E-state index contributed by atoms with van der Waals surface area (Å²) in [5.41, 5.74) is 2.52. The number of nitrogens with one attached hydrogen (secondary N) is 1. The van der Waals surface area contributed by atoms with E-state index in [9.17, 15) is 0 Å². The Labute approximate surface area is 122 Å². The van der Waals surface area contributed by atoms with Gasteiger partial charge in [-0.2, -0.15) is 0 Å². The first-order valence-corrected chi connectivity index (χ1v) is 7.50. The molecule has 2 rings (SSSR count). The Balaban J connectivity index is 2.04. The van der Waals surface area contributed by atoms with Crippen LogP contribution in [0.15, 0.2) is 12.1 Å². The van der Waals surface area contributed by atoms with Gasteiger partial charge in [-0.25, -0.2) is 4.98 Å². The Morgan fingerprint density at radius 3 is 2.75 bits per heavy atom. The van der Waals surface area contributed by atoms with Gasteiger partial charge in [0.15, 0.2) is 0 Å². The van der Waals surface area contributed by atoms with Crippen molar-refractivity contribution in [1.29, 1.82) is 0 Å². The first-order chi connectivity index (χ1) is 9.46. The lowest BCUT2D eigenvalue weighted by atomic mass is 10.1. The molecule has 4 nitrogen and oxygen atoms in total. The zero-order valence-electron chi connectivity index (χ0n) is 13.2. The molecule has 0 saturated carbocycles. The fourth-order valence-corrected chi connectivity index (χ4v) is 2.28. The van der Waals surface area contributed by atoms with Gasteiger partial charge in [0, 0.05) is 37.5 Å². The molecule has 0 aliphatic carbocycles. The lowest BCUT2D eigenvalue weighted by Crippen LogP contribution is -2.35. The second kappa shape index (κ2) is 6.55. The number of pyridine rings is 1. The molecule has 0 radical (unpaired) electrons. The Morgan fingerprint density at radius 1 is 1.25 bits per heavy atom. The average Bonchev–Trinajstić information content (AvgIpc) is 2.65.